The van der Waals surface area contributed by atoms with E-state index < -0.39 is 5.97 Å². The molecule has 0 fully saturated rings. The zero-order valence-corrected chi connectivity index (χ0v) is 9.60. The van der Waals surface area contributed by atoms with Crippen molar-refractivity contribution in [1.29, 1.82) is 0 Å². The van der Waals surface area contributed by atoms with E-state index in [-0.39, 0.29) is 12.3 Å². The van der Waals surface area contributed by atoms with Gasteiger partial charge in [0.15, 0.2) is 0 Å². The summed E-state index contributed by atoms with van der Waals surface area (Å²) in [5, 5.41) is 8.96. The van der Waals surface area contributed by atoms with E-state index in [2.05, 4.69) is 22.7 Å². The first-order valence-electron chi connectivity index (χ1n) is 6.06. The van der Waals surface area contributed by atoms with Gasteiger partial charge in [0.1, 0.15) is 0 Å². The van der Waals surface area contributed by atoms with Crippen LogP contribution in [0.15, 0.2) is 30.5 Å². The smallest absolute Gasteiger partial charge is 0.303 e. The molecule has 0 spiro atoms. The highest BCUT2D eigenvalue weighted by Crippen LogP contribution is 2.35. The van der Waals surface area contributed by atoms with Crippen molar-refractivity contribution >= 4 is 11.5 Å². The number of pyridine rings is 1. The zero-order chi connectivity index (χ0) is 11.8. The van der Waals surface area contributed by atoms with Gasteiger partial charge in [-0.05, 0) is 48.9 Å². The topological polar surface area (TPSA) is 41.7 Å². The number of fused-ring (bicyclic) bond motifs is 3. The average Bonchev–Trinajstić information content (AvgIpc) is 2.68. The Balaban J connectivity index is 2.10. The average molecular weight is 229 g/mol. The minimum atomic E-state index is -0.696. The summed E-state index contributed by atoms with van der Waals surface area (Å²) in [5.41, 5.74) is 3.72. The van der Waals surface area contributed by atoms with Gasteiger partial charge < -0.3 is 9.51 Å². The highest BCUT2D eigenvalue weighted by atomic mass is 16.4. The first-order chi connectivity index (χ1) is 8.25. The molecule has 0 saturated carbocycles. The van der Waals surface area contributed by atoms with E-state index in [9.17, 15) is 4.79 Å². The van der Waals surface area contributed by atoms with E-state index in [1.807, 2.05) is 12.1 Å². The van der Waals surface area contributed by atoms with Crippen molar-refractivity contribution in [1.82, 2.24) is 4.40 Å². The first-order valence-corrected chi connectivity index (χ1v) is 6.06. The minimum absolute atomic E-state index is 0.191. The predicted octanol–water partition coefficient (Wildman–Crippen LogP) is 2.83. The summed E-state index contributed by atoms with van der Waals surface area (Å²) in [5.74, 6) is -0.505. The summed E-state index contributed by atoms with van der Waals surface area (Å²) in [7, 11) is 0. The Kier molecular flexibility index (Phi) is 2.39. The molecular formula is C14H15NO2. The standard InChI is InChI=1S/C14H15NO2/c16-14(17)8-10-4-3-6-13-12(10)9-11-5-1-2-7-15(11)13/h1-2,5,7,9-10H,3-4,6,8H2,(H,16,17). The lowest BCUT2D eigenvalue weighted by Gasteiger charge is -2.21. The summed E-state index contributed by atoms with van der Waals surface area (Å²) < 4.78 is 2.20. The maximum atomic E-state index is 10.9. The van der Waals surface area contributed by atoms with E-state index in [4.69, 9.17) is 5.11 Å². The number of carboxylic acids is 1. The Bertz CT molecular complexity index is 571. The molecule has 3 heteroatoms. The van der Waals surface area contributed by atoms with Crippen LogP contribution in [0.1, 0.15) is 36.4 Å². The summed E-state index contributed by atoms with van der Waals surface area (Å²) in [6.45, 7) is 0. The van der Waals surface area contributed by atoms with Gasteiger partial charge >= 0.3 is 5.97 Å². The lowest BCUT2D eigenvalue weighted by Crippen LogP contribution is -2.13. The number of aryl methyl sites for hydroxylation is 1. The molecule has 0 aromatic carbocycles. The van der Waals surface area contributed by atoms with Gasteiger partial charge in [-0.1, -0.05) is 6.07 Å². The number of hydrogen-bond acceptors (Lipinski definition) is 1. The van der Waals surface area contributed by atoms with Crippen LogP contribution in [0.4, 0.5) is 0 Å². The molecule has 1 atom stereocenters. The first kappa shape index (κ1) is 10.4. The van der Waals surface area contributed by atoms with E-state index in [0.717, 1.165) is 19.3 Å². The molecule has 0 aliphatic heterocycles. The number of nitrogens with zero attached hydrogens (tertiary/aromatic N) is 1. The molecule has 2 aromatic rings. The quantitative estimate of drug-likeness (QED) is 0.860. The van der Waals surface area contributed by atoms with E-state index in [0.29, 0.717) is 0 Å². The molecule has 1 unspecified atom stereocenters. The monoisotopic (exact) mass is 229 g/mol. The predicted molar refractivity (Wildman–Crippen MR) is 65.3 cm³/mol. The number of aliphatic carboxylic acids is 1. The van der Waals surface area contributed by atoms with Crippen molar-refractivity contribution in [2.75, 3.05) is 0 Å². The summed E-state index contributed by atoms with van der Waals surface area (Å²) in [6.07, 6.45) is 5.47. The number of carboxylic acid groups (broad SMARTS) is 1. The van der Waals surface area contributed by atoms with E-state index in [1.54, 1.807) is 0 Å². The maximum absolute atomic E-state index is 10.9. The SMILES string of the molecule is O=C(O)CC1CCCc2c1cc1ccccn21. The second-order valence-corrected chi connectivity index (χ2v) is 4.73. The third-order valence-electron chi connectivity index (χ3n) is 3.65. The molecule has 2 aromatic heterocycles. The molecule has 1 aliphatic rings. The van der Waals surface area contributed by atoms with Gasteiger partial charge in [-0.25, -0.2) is 0 Å². The van der Waals surface area contributed by atoms with Crippen LogP contribution in [0.3, 0.4) is 0 Å². The largest absolute Gasteiger partial charge is 0.481 e. The molecular weight excluding hydrogens is 214 g/mol. The summed E-state index contributed by atoms with van der Waals surface area (Å²) in [6, 6.07) is 8.28. The molecule has 1 N–H and O–H groups in total. The van der Waals surface area contributed by atoms with Crippen LogP contribution in [0.2, 0.25) is 0 Å². The Labute approximate surface area is 99.7 Å². The molecule has 3 rings (SSSR count). The van der Waals surface area contributed by atoms with Crippen LogP contribution in [0.25, 0.3) is 5.52 Å². The molecule has 0 bridgehead atoms. The van der Waals surface area contributed by atoms with Gasteiger partial charge in [0, 0.05) is 17.4 Å². The fourth-order valence-electron chi connectivity index (χ4n) is 2.91. The molecule has 2 heterocycles. The lowest BCUT2D eigenvalue weighted by atomic mass is 9.85. The molecule has 88 valence electrons. The summed E-state index contributed by atoms with van der Waals surface area (Å²) in [4.78, 5) is 10.9. The van der Waals surface area contributed by atoms with Crippen LogP contribution in [0, 0.1) is 0 Å². The van der Waals surface area contributed by atoms with Gasteiger partial charge in [0.2, 0.25) is 0 Å². The van der Waals surface area contributed by atoms with Gasteiger partial charge in [-0.2, -0.15) is 0 Å². The zero-order valence-electron chi connectivity index (χ0n) is 9.60. The Morgan fingerprint density at radius 3 is 3.18 bits per heavy atom. The van der Waals surface area contributed by atoms with Gasteiger partial charge in [-0.15, -0.1) is 0 Å². The molecule has 0 saturated heterocycles. The van der Waals surface area contributed by atoms with Crippen LogP contribution in [-0.4, -0.2) is 15.5 Å². The lowest BCUT2D eigenvalue weighted by molar-refractivity contribution is -0.137. The Hall–Kier alpha value is -1.77. The second-order valence-electron chi connectivity index (χ2n) is 4.73. The number of carbonyl (C=O) groups is 1. The highest BCUT2D eigenvalue weighted by molar-refractivity contribution is 5.69. The normalized spacial score (nSPS) is 19.2. The number of rotatable bonds is 2. The van der Waals surface area contributed by atoms with E-state index >= 15 is 0 Å². The Morgan fingerprint density at radius 1 is 1.47 bits per heavy atom. The van der Waals surface area contributed by atoms with Crippen LogP contribution in [-0.2, 0) is 11.2 Å². The van der Waals surface area contributed by atoms with Crippen LogP contribution in [0.5, 0.6) is 0 Å². The van der Waals surface area contributed by atoms with Gasteiger partial charge in [0.05, 0.1) is 6.42 Å². The van der Waals surface area contributed by atoms with Crippen LogP contribution >= 0.6 is 0 Å². The summed E-state index contributed by atoms with van der Waals surface area (Å²) >= 11 is 0. The molecule has 0 amide bonds. The van der Waals surface area contributed by atoms with Gasteiger partial charge in [-0.3, -0.25) is 4.79 Å². The third-order valence-corrected chi connectivity index (χ3v) is 3.65. The van der Waals surface area contributed by atoms with Crippen molar-refractivity contribution in [2.45, 2.75) is 31.6 Å². The van der Waals surface area contributed by atoms with Crippen molar-refractivity contribution in [2.24, 2.45) is 0 Å². The fourth-order valence-corrected chi connectivity index (χ4v) is 2.91. The maximum Gasteiger partial charge on any atom is 0.303 e. The van der Waals surface area contributed by atoms with Crippen molar-refractivity contribution < 1.29 is 9.90 Å². The minimum Gasteiger partial charge on any atom is -0.481 e. The molecule has 0 radical (unpaired) electrons. The highest BCUT2D eigenvalue weighted by Gasteiger charge is 2.25. The van der Waals surface area contributed by atoms with Gasteiger partial charge in [0.25, 0.3) is 0 Å². The second kappa shape index (κ2) is 3.91. The number of aromatic nitrogens is 1. The van der Waals surface area contributed by atoms with E-state index in [1.165, 1.54) is 16.8 Å². The third kappa shape index (κ3) is 1.71. The Morgan fingerprint density at radius 2 is 2.35 bits per heavy atom. The van der Waals surface area contributed by atoms with Crippen LogP contribution < -0.4 is 0 Å². The number of hydrogen-bond donors (Lipinski definition) is 1. The van der Waals surface area contributed by atoms with Crippen molar-refractivity contribution in [3.05, 3.63) is 41.7 Å². The fraction of sp³-hybridized carbons (Fsp3) is 0.357. The molecule has 3 nitrogen and oxygen atoms in total. The molecule has 17 heavy (non-hydrogen) atoms. The molecule has 1 aliphatic carbocycles. The van der Waals surface area contributed by atoms with Crippen molar-refractivity contribution in [3.8, 4) is 0 Å². The van der Waals surface area contributed by atoms with Crippen molar-refractivity contribution in [3.63, 3.8) is 0 Å².